The number of carbonyl (C=O) groups is 2. The van der Waals surface area contributed by atoms with Crippen molar-refractivity contribution in [3.05, 3.63) is 0 Å². The second-order valence-electron chi connectivity index (χ2n) is 9.40. The third kappa shape index (κ3) is 3.39. The van der Waals surface area contributed by atoms with Gasteiger partial charge in [0.15, 0.2) is 0 Å². The molecule has 5 aliphatic rings. The maximum Gasteiger partial charge on any atom is 0.242 e. The lowest BCUT2D eigenvalue weighted by molar-refractivity contribution is -0.160. The molecule has 5 heteroatoms. The van der Waals surface area contributed by atoms with E-state index in [0.29, 0.717) is 12.5 Å². The highest BCUT2D eigenvalue weighted by Crippen LogP contribution is 2.60. The molecule has 2 amide bonds. The van der Waals surface area contributed by atoms with E-state index in [9.17, 15) is 9.59 Å². The van der Waals surface area contributed by atoms with Crippen molar-refractivity contribution in [1.29, 1.82) is 0 Å². The molecule has 1 atom stereocenters. The van der Waals surface area contributed by atoms with Crippen molar-refractivity contribution >= 4 is 11.8 Å². The van der Waals surface area contributed by atoms with E-state index in [1.165, 1.54) is 19.3 Å². The van der Waals surface area contributed by atoms with Crippen LogP contribution < -0.4 is 10.6 Å². The molecule has 5 nitrogen and oxygen atoms in total. The highest BCUT2D eigenvalue weighted by Gasteiger charge is 2.56. The molecule has 0 aromatic rings. The van der Waals surface area contributed by atoms with Gasteiger partial charge in [-0.1, -0.05) is 6.92 Å². The van der Waals surface area contributed by atoms with Gasteiger partial charge < -0.3 is 15.5 Å². The van der Waals surface area contributed by atoms with Crippen molar-refractivity contribution in [2.24, 2.45) is 23.2 Å². The van der Waals surface area contributed by atoms with Gasteiger partial charge in [0.05, 0.1) is 5.41 Å². The van der Waals surface area contributed by atoms with E-state index < -0.39 is 0 Å². The van der Waals surface area contributed by atoms with Gasteiger partial charge in [0.25, 0.3) is 0 Å². The molecule has 4 aliphatic carbocycles. The first-order valence-electron chi connectivity index (χ1n) is 10.9. The fraction of sp³-hybridized carbons (Fsp3) is 0.905. The highest BCUT2D eigenvalue weighted by atomic mass is 16.2. The zero-order valence-electron chi connectivity index (χ0n) is 16.3. The van der Waals surface area contributed by atoms with Gasteiger partial charge in [-0.05, 0) is 82.1 Å². The Morgan fingerprint density at radius 1 is 1.00 bits per heavy atom. The van der Waals surface area contributed by atoms with Gasteiger partial charge in [0, 0.05) is 19.6 Å². The normalized spacial score (nSPS) is 38.0. The summed E-state index contributed by atoms with van der Waals surface area (Å²) in [5.41, 5.74) is -0.125. The second-order valence-corrected chi connectivity index (χ2v) is 9.40. The minimum Gasteiger partial charge on any atom is -0.353 e. The number of amides is 2. The van der Waals surface area contributed by atoms with E-state index in [0.717, 1.165) is 75.9 Å². The van der Waals surface area contributed by atoms with E-state index in [1.807, 2.05) is 4.90 Å². The fourth-order valence-corrected chi connectivity index (χ4v) is 6.65. The van der Waals surface area contributed by atoms with Gasteiger partial charge in [0.2, 0.25) is 11.8 Å². The predicted octanol–water partition coefficient (Wildman–Crippen LogP) is 2.31. The first-order valence-corrected chi connectivity index (χ1v) is 10.9. The van der Waals surface area contributed by atoms with Crippen LogP contribution >= 0.6 is 0 Å². The Bertz CT molecular complexity index is 512. The molecule has 1 unspecified atom stereocenters. The van der Waals surface area contributed by atoms with Gasteiger partial charge in [0.1, 0.15) is 6.04 Å². The standard InChI is InChI=1S/C21H35N3O2/c1-2-5-22-6-7-23-19(25)18-4-3-8-24(18)20(26)21-12-15-9-16(13-21)11-17(10-15)14-21/h15-18,22H,2-14H2,1H3,(H,23,25). The lowest BCUT2D eigenvalue weighted by Gasteiger charge is -2.56. The summed E-state index contributed by atoms with van der Waals surface area (Å²) in [6.07, 6.45) is 10.2. The molecule has 1 aliphatic heterocycles. The Labute approximate surface area is 157 Å². The molecule has 1 saturated heterocycles. The van der Waals surface area contributed by atoms with Crippen LogP contribution in [-0.2, 0) is 9.59 Å². The number of rotatable bonds is 7. The van der Waals surface area contributed by atoms with Gasteiger partial charge >= 0.3 is 0 Å². The van der Waals surface area contributed by atoms with E-state index in [4.69, 9.17) is 0 Å². The van der Waals surface area contributed by atoms with Gasteiger partial charge in [-0.3, -0.25) is 9.59 Å². The average molecular weight is 362 g/mol. The maximum absolute atomic E-state index is 13.6. The zero-order chi connectivity index (χ0) is 18.1. The highest BCUT2D eigenvalue weighted by molar-refractivity contribution is 5.91. The number of nitrogens with zero attached hydrogens (tertiary/aromatic N) is 1. The smallest absolute Gasteiger partial charge is 0.242 e. The molecule has 4 bridgehead atoms. The topological polar surface area (TPSA) is 61.4 Å². The quantitative estimate of drug-likeness (QED) is 0.684. The molecule has 5 rings (SSSR count). The summed E-state index contributed by atoms with van der Waals surface area (Å²) in [6.45, 7) is 5.34. The van der Waals surface area contributed by atoms with Crippen LogP contribution in [0.1, 0.15) is 64.7 Å². The monoisotopic (exact) mass is 361 g/mol. The summed E-state index contributed by atoms with van der Waals surface area (Å²) in [7, 11) is 0. The van der Waals surface area contributed by atoms with Crippen molar-refractivity contribution in [2.75, 3.05) is 26.2 Å². The summed E-state index contributed by atoms with van der Waals surface area (Å²) in [4.78, 5) is 28.2. The minimum absolute atomic E-state index is 0.0545. The van der Waals surface area contributed by atoms with Crippen LogP contribution in [0.3, 0.4) is 0 Å². The lowest BCUT2D eigenvalue weighted by Crippen LogP contribution is -2.57. The first kappa shape index (κ1) is 18.3. The van der Waals surface area contributed by atoms with Gasteiger partial charge in [-0.2, -0.15) is 0 Å². The molecule has 5 fully saturated rings. The Morgan fingerprint density at radius 2 is 1.65 bits per heavy atom. The van der Waals surface area contributed by atoms with E-state index in [1.54, 1.807) is 0 Å². The van der Waals surface area contributed by atoms with E-state index in [2.05, 4.69) is 17.6 Å². The maximum atomic E-state index is 13.6. The van der Waals surface area contributed by atoms with Crippen molar-refractivity contribution in [2.45, 2.75) is 70.8 Å². The van der Waals surface area contributed by atoms with Crippen LogP contribution in [0.2, 0.25) is 0 Å². The number of likely N-dealkylation sites (tertiary alicyclic amines) is 1. The summed E-state index contributed by atoms with van der Waals surface area (Å²) in [5, 5.41) is 6.36. The number of carbonyl (C=O) groups excluding carboxylic acids is 2. The first-order chi connectivity index (χ1) is 12.6. The van der Waals surface area contributed by atoms with Crippen molar-refractivity contribution in [3.8, 4) is 0 Å². The summed E-state index contributed by atoms with van der Waals surface area (Å²) >= 11 is 0. The third-order valence-electron chi connectivity index (χ3n) is 7.34. The Kier molecular flexibility index (Phi) is 5.27. The second kappa shape index (κ2) is 7.49. The SMILES string of the molecule is CCCNCCNC(=O)C1CCCN1C(=O)C12CC3CC(CC(C3)C1)C2. The fourth-order valence-electron chi connectivity index (χ4n) is 6.65. The Hall–Kier alpha value is -1.10. The molecule has 0 radical (unpaired) electrons. The van der Waals surface area contributed by atoms with Crippen LogP contribution in [0.4, 0.5) is 0 Å². The van der Waals surface area contributed by atoms with Crippen LogP contribution in [0.5, 0.6) is 0 Å². The third-order valence-corrected chi connectivity index (χ3v) is 7.34. The summed E-state index contributed by atoms with van der Waals surface area (Å²) < 4.78 is 0. The van der Waals surface area contributed by atoms with E-state index in [-0.39, 0.29) is 17.4 Å². The lowest BCUT2D eigenvalue weighted by atomic mass is 9.49. The Balaban J connectivity index is 1.37. The van der Waals surface area contributed by atoms with Crippen LogP contribution in [0.25, 0.3) is 0 Å². The van der Waals surface area contributed by atoms with Crippen LogP contribution in [-0.4, -0.2) is 48.9 Å². The van der Waals surface area contributed by atoms with Crippen molar-refractivity contribution in [3.63, 3.8) is 0 Å². The van der Waals surface area contributed by atoms with Gasteiger partial charge in [-0.25, -0.2) is 0 Å². The molecule has 0 aromatic carbocycles. The Morgan fingerprint density at radius 3 is 2.27 bits per heavy atom. The molecule has 146 valence electrons. The molecule has 1 heterocycles. The van der Waals surface area contributed by atoms with Crippen molar-refractivity contribution in [1.82, 2.24) is 15.5 Å². The molecular formula is C21H35N3O2. The zero-order valence-corrected chi connectivity index (χ0v) is 16.3. The number of nitrogens with one attached hydrogen (secondary N) is 2. The summed E-state index contributed by atoms with van der Waals surface area (Å²) in [5.74, 6) is 2.68. The predicted molar refractivity (Wildman–Crippen MR) is 102 cm³/mol. The molecule has 2 N–H and O–H groups in total. The minimum atomic E-state index is -0.235. The molecule has 0 aromatic heterocycles. The molecule has 4 saturated carbocycles. The average Bonchev–Trinajstić information content (AvgIpc) is 3.09. The number of hydrogen-bond acceptors (Lipinski definition) is 3. The van der Waals surface area contributed by atoms with Crippen LogP contribution in [0.15, 0.2) is 0 Å². The largest absolute Gasteiger partial charge is 0.353 e. The molecule has 0 spiro atoms. The van der Waals surface area contributed by atoms with E-state index >= 15 is 0 Å². The van der Waals surface area contributed by atoms with Crippen molar-refractivity contribution < 1.29 is 9.59 Å². The molecular weight excluding hydrogens is 326 g/mol. The van der Waals surface area contributed by atoms with Crippen LogP contribution in [0, 0.1) is 23.2 Å². The summed E-state index contributed by atoms with van der Waals surface area (Å²) in [6, 6.07) is -0.235. The number of hydrogen-bond donors (Lipinski definition) is 2. The molecule has 26 heavy (non-hydrogen) atoms. The van der Waals surface area contributed by atoms with Gasteiger partial charge in [-0.15, -0.1) is 0 Å².